The van der Waals surface area contributed by atoms with Crippen molar-refractivity contribution in [3.8, 4) is 0 Å². The minimum absolute atomic E-state index is 0.172. The summed E-state index contributed by atoms with van der Waals surface area (Å²) < 4.78 is 0. The summed E-state index contributed by atoms with van der Waals surface area (Å²) in [5.74, 6) is 0.240. The molecule has 0 spiro atoms. The molecule has 2 rings (SSSR count). The van der Waals surface area contributed by atoms with Crippen LogP contribution in [0.2, 0.25) is 0 Å². The number of nitrogens with one attached hydrogen (secondary N) is 3. The van der Waals surface area contributed by atoms with Crippen molar-refractivity contribution in [2.75, 3.05) is 13.1 Å². The largest absolute Gasteiger partial charge is 0.323 e. The Bertz CT molecular complexity index is 612. The van der Waals surface area contributed by atoms with E-state index in [0.717, 1.165) is 37.0 Å². The van der Waals surface area contributed by atoms with Gasteiger partial charge in [-0.3, -0.25) is 0 Å². The van der Waals surface area contributed by atoms with E-state index in [1.807, 2.05) is 18.2 Å². The van der Waals surface area contributed by atoms with Gasteiger partial charge in [0.15, 0.2) is 0 Å². The average Bonchev–Trinajstić information content (AvgIpc) is 2.72. The van der Waals surface area contributed by atoms with E-state index in [1.54, 1.807) is 6.92 Å². The topological polar surface area (TPSA) is 77.8 Å². The number of carbonyl (C=O) groups excluding carboxylic acids is 1. The quantitative estimate of drug-likeness (QED) is 0.658. The molecule has 0 atom stereocenters. The number of rotatable bonds is 7. The summed E-state index contributed by atoms with van der Waals surface area (Å²) in [5, 5.41) is 3.31. The van der Waals surface area contributed by atoms with Crippen LogP contribution in [0.5, 0.6) is 0 Å². The van der Waals surface area contributed by atoms with E-state index < -0.39 is 0 Å². The second-order valence-electron chi connectivity index (χ2n) is 4.76. The number of aromatic amines is 2. The molecule has 3 N–H and O–H groups in total. The summed E-state index contributed by atoms with van der Waals surface area (Å²) in [6.07, 6.45) is 2.44. The van der Waals surface area contributed by atoms with E-state index in [-0.39, 0.29) is 11.5 Å². The van der Waals surface area contributed by atoms with Crippen LogP contribution in [-0.4, -0.2) is 28.8 Å². The zero-order valence-electron chi connectivity index (χ0n) is 11.1. The number of benzene rings is 1. The highest BCUT2D eigenvalue weighted by Crippen LogP contribution is 2.10. The van der Waals surface area contributed by atoms with Crippen LogP contribution in [0.4, 0.5) is 0 Å². The molecule has 5 nitrogen and oxygen atoms in total. The minimum atomic E-state index is -0.172. The Balaban J connectivity index is 1.78. The van der Waals surface area contributed by atoms with Gasteiger partial charge in [0.2, 0.25) is 0 Å². The lowest BCUT2D eigenvalue weighted by atomic mass is 10.1. The first-order valence-corrected chi connectivity index (χ1v) is 6.56. The van der Waals surface area contributed by atoms with E-state index in [2.05, 4.69) is 15.3 Å². The van der Waals surface area contributed by atoms with Crippen LogP contribution in [-0.2, 0) is 11.2 Å². The SMILES string of the molecule is CC(=O)CCCNCCc1ccc2[nH]c(=O)[nH]c2c1. The van der Waals surface area contributed by atoms with Crippen LogP contribution in [0, 0.1) is 0 Å². The third-order valence-electron chi connectivity index (χ3n) is 3.05. The number of aromatic nitrogens is 2. The van der Waals surface area contributed by atoms with E-state index in [0.29, 0.717) is 6.42 Å². The standard InChI is InChI=1S/C14H19N3O2/c1-10(18)3-2-7-15-8-6-11-4-5-12-13(9-11)17-14(19)16-12/h4-5,9,15H,2-3,6-8H2,1H3,(H2,16,17,19). The molecule has 2 aromatic rings. The van der Waals surface area contributed by atoms with Crippen LogP contribution >= 0.6 is 0 Å². The average molecular weight is 261 g/mol. The fourth-order valence-corrected chi connectivity index (χ4v) is 2.06. The number of hydrogen-bond donors (Lipinski definition) is 3. The fraction of sp³-hybridized carbons (Fsp3) is 0.429. The fourth-order valence-electron chi connectivity index (χ4n) is 2.06. The Morgan fingerprint density at radius 1 is 1.21 bits per heavy atom. The summed E-state index contributed by atoms with van der Waals surface area (Å²) in [5.41, 5.74) is 2.69. The first-order chi connectivity index (χ1) is 9.15. The predicted octanol–water partition coefficient (Wildman–Crippen LogP) is 1.36. The molecule has 0 fully saturated rings. The first kappa shape index (κ1) is 13.5. The molecule has 1 aromatic carbocycles. The van der Waals surface area contributed by atoms with Crippen molar-refractivity contribution >= 4 is 16.8 Å². The normalized spacial score (nSPS) is 11.0. The highest BCUT2D eigenvalue weighted by atomic mass is 16.1. The summed E-state index contributed by atoms with van der Waals surface area (Å²) in [6, 6.07) is 5.92. The van der Waals surface area contributed by atoms with Gasteiger partial charge in [0.25, 0.3) is 0 Å². The van der Waals surface area contributed by atoms with Gasteiger partial charge < -0.3 is 20.1 Å². The minimum Gasteiger partial charge on any atom is -0.316 e. The molecule has 0 bridgehead atoms. The Hall–Kier alpha value is -1.88. The molecule has 0 saturated carbocycles. The van der Waals surface area contributed by atoms with Crippen LogP contribution in [0.1, 0.15) is 25.3 Å². The van der Waals surface area contributed by atoms with Crippen LogP contribution in [0.25, 0.3) is 11.0 Å². The maximum absolute atomic E-state index is 11.1. The molecule has 5 heteroatoms. The molecular formula is C14H19N3O2. The van der Waals surface area contributed by atoms with Crippen LogP contribution in [0.15, 0.2) is 23.0 Å². The van der Waals surface area contributed by atoms with Crippen molar-refractivity contribution in [3.05, 3.63) is 34.2 Å². The Labute approximate surface area is 111 Å². The first-order valence-electron chi connectivity index (χ1n) is 6.56. The Morgan fingerprint density at radius 2 is 2.00 bits per heavy atom. The number of imidazole rings is 1. The van der Waals surface area contributed by atoms with E-state index >= 15 is 0 Å². The van der Waals surface area contributed by atoms with E-state index in [9.17, 15) is 9.59 Å². The number of fused-ring (bicyclic) bond motifs is 1. The van der Waals surface area contributed by atoms with Crippen LogP contribution < -0.4 is 11.0 Å². The maximum Gasteiger partial charge on any atom is 0.323 e. The van der Waals surface area contributed by atoms with Gasteiger partial charge in [-0.1, -0.05) is 6.07 Å². The van der Waals surface area contributed by atoms with Crippen molar-refractivity contribution < 1.29 is 4.79 Å². The smallest absolute Gasteiger partial charge is 0.316 e. The summed E-state index contributed by atoms with van der Waals surface area (Å²) in [7, 11) is 0. The molecular weight excluding hydrogens is 242 g/mol. The van der Waals surface area contributed by atoms with Gasteiger partial charge >= 0.3 is 5.69 Å². The van der Waals surface area contributed by atoms with Crippen molar-refractivity contribution in [1.82, 2.24) is 15.3 Å². The zero-order chi connectivity index (χ0) is 13.7. The monoisotopic (exact) mass is 261 g/mol. The summed E-state index contributed by atoms with van der Waals surface area (Å²) >= 11 is 0. The molecule has 102 valence electrons. The summed E-state index contributed by atoms with van der Waals surface area (Å²) in [4.78, 5) is 27.4. The highest BCUT2D eigenvalue weighted by Gasteiger charge is 2.00. The maximum atomic E-state index is 11.1. The van der Waals surface area contributed by atoms with Gasteiger partial charge in [0.05, 0.1) is 11.0 Å². The number of ketones is 1. The second kappa shape index (κ2) is 6.33. The highest BCUT2D eigenvalue weighted by molar-refractivity contribution is 5.75. The van der Waals surface area contributed by atoms with Gasteiger partial charge in [-0.2, -0.15) is 0 Å². The second-order valence-corrected chi connectivity index (χ2v) is 4.76. The molecule has 0 aliphatic rings. The van der Waals surface area contributed by atoms with Crippen LogP contribution in [0.3, 0.4) is 0 Å². The Kier molecular flexibility index (Phi) is 4.52. The molecule has 0 aliphatic carbocycles. The number of H-pyrrole nitrogens is 2. The van der Waals surface area contributed by atoms with Gasteiger partial charge in [0.1, 0.15) is 5.78 Å². The lowest BCUT2D eigenvalue weighted by molar-refractivity contribution is -0.117. The molecule has 19 heavy (non-hydrogen) atoms. The van der Waals surface area contributed by atoms with Gasteiger partial charge in [-0.15, -0.1) is 0 Å². The van der Waals surface area contributed by atoms with Crippen molar-refractivity contribution in [3.63, 3.8) is 0 Å². The lowest BCUT2D eigenvalue weighted by Gasteiger charge is -2.04. The number of Topliss-reactive ketones (excluding diaryl/α,β-unsaturated/α-hetero) is 1. The van der Waals surface area contributed by atoms with E-state index in [1.165, 1.54) is 5.56 Å². The number of hydrogen-bond acceptors (Lipinski definition) is 3. The Morgan fingerprint density at radius 3 is 2.79 bits per heavy atom. The van der Waals surface area contributed by atoms with Gasteiger partial charge in [-0.05, 0) is 50.6 Å². The molecule has 1 aromatic heterocycles. The predicted molar refractivity (Wildman–Crippen MR) is 75.4 cm³/mol. The molecule has 1 heterocycles. The van der Waals surface area contributed by atoms with Crippen molar-refractivity contribution in [1.29, 1.82) is 0 Å². The van der Waals surface area contributed by atoms with E-state index in [4.69, 9.17) is 0 Å². The molecule has 0 unspecified atom stereocenters. The van der Waals surface area contributed by atoms with Crippen molar-refractivity contribution in [2.24, 2.45) is 0 Å². The third-order valence-corrected chi connectivity index (χ3v) is 3.05. The lowest BCUT2D eigenvalue weighted by Crippen LogP contribution is -2.19. The van der Waals surface area contributed by atoms with Gasteiger partial charge in [-0.25, -0.2) is 4.79 Å². The van der Waals surface area contributed by atoms with Crippen molar-refractivity contribution in [2.45, 2.75) is 26.2 Å². The van der Waals surface area contributed by atoms with Gasteiger partial charge in [0, 0.05) is 6.42 Å². The number of carbonyl (C=O) groups is 1. The molecule has 0 radical (unpaired) electrons. The molecule has 0 amide bonds. The third kappa shape index (κ3) is 4.06. The summed E-state index contributed by atoms with van der Waals surface area (Å²) in [6.45, 7) is 3.35. The zero-order valence-corrected chi connectivity index (χ0v) is 11.1. The molecule has 0 saturated heterocycles. The molecule has 0 aliphatic heterocycles.